The zero-order valence-electron chi connectivity index (χ0n) is 21.8. The monoisotopic (exact) mass is 566 g/mol. The van der Waals surface area contributed by atoms with Gasteiger partial charge in [0.2, 0.25) is 5.91 Å². The lowest BCUT2D eigenvalue weighted by molar-refractivity contribution is -0.136. The second-order valence-electron chi connectivity index (χ2n) is 9.78. The third-order valence-corrected chi connectivity index (χ3v) is 7.16. The van der Waals surface area contributed by atoms with Crippen molar-refractivity contribution in [1.82, 2.24) is 19.8 Å². The van der Waals surface area contributed by atoms with E-state index in [9.17, 15) is 18.8 Å². The van der Waals surface area contributed by atoms with Gasteiger partial charge in [0.05, 0.1) is 29.1 Å². The van der Waals surface area contributed by atoms with E-state index in [0.29, 0.717) is 67.2 Å². The molecule has 4 N–H and O–H groups in total. The third-order valence-electron chi connectivity index (χ3n) is 6.87. The lowest BCUT2D eigenvalue weighted by Gasteiger charge is -2.33. The van der Waals surface area contributed by atoms with Crippen molar-refractivity contribution in [1.29, 1.82) is 0 Å². The number of hydrogen-bond acceptors (Lipinski definition) is 8. The quantitative estimate of drug-likeness (QED) is 0.384. The lowest BCUT2D eigenvalue weighted by atomic mass is 10.0. The van der Waals surface area contributed by atoms with E-state index < -0.39 is 11.8 Å². The van der Waals surface area contributed by atoms with Gasteiger partial charge in [-0.2, -0.15) is 0 Å². The van der Waals surface area contributed by atoms with Crippen LogP contribution in [0.15, 0.2) is 36.5 Å². The van der Waals surface area contributed by atoms with Crippen LogP contribution in [0.3, 0.4) is 0 Å². The fourth-order valence-corrected chi connectivity index (χ4v) is 4.91. The summed E-state index contributed by atoms with van der Waals surface area (Å²) in [6.45, 7) is 2.34. The summed E-state index contributed by atoms with van der Waals surface area (Å²) in [5.41, 5.74) is 8.98. The van der Waals surface area contributed by atoms with Crippen LogP contribution in [0.1, 0.15) is 28.0 Å². The number of anilines is 5. The van der Waals surface area contributed by atoms with Crippen LogP contribution in [0.5, 0.6) is 0 Å². The molecule has 0 spiro atoms. The Bertz CT molecular complexity index is 1490. The summed E-state index contributed by atoms with van der Waals surface area (Å²) >= 11 is 5.87. The molecule has 1 fully saturated rings. The Morgan fingerprint density at radius 3 is 2.80 bits per heavy atom. The molecule has 208 valence electrons. The molecule has 0 bridgehead atoms. The molecule has 11 nitrogen and oxygen atoms in total. The van der Waals surface area contributed by atoms with Crippen molar-refractivity contribution < 1.29 is 18.8 Å². The first kappa shape index (κ1) is 27.3. The molecule has 0 unspecified atom stereocenters. The molecule has 1 aromatic carbocycles. The van der Waals surface area contributed by atoms with E-state index in [1.165, 1.54) is 29.3 Å². The predicted molar refractivity (Wildman–Crippen MR) is 151 cm³/mol. The molecule has 13 heteroatoms. The van der Waals surface area contributed by atoms with Crippen molar-refractivity contribution in [3.63, 3.8) is 0 Å². The number of aryl methyl sites for hydroxylation is 1. The maximum absolute atomic E-state index is 13.5. The van der Waals surface area contributed by atoms with Gasteiger partial charge in [-0.05, 0) is 49.7 Å². The number of rotatable bonds is 6. The Kier molecular flexibility index (Phi) is 7.81. The zero-order chi connectivity index (χ0) is 28.4. The number of nitrogens with zero attached hydrogens (tertiary/aromatic N) is 5. The average Bonchev–Trinajstić information content (AvgIpc) is 2.93. The van der Waals surface area contributed by atoms with Crippen LogP contribution in [0.25, 0.3) is 0 Å². The molecule has 0 atom stereocenters. The summed E-state index contributed by atoms with van der Waals surface area (Å²) in [4.78, 5) is 51.6. The summed E-state index contributed by atoms with van der Waals surface area (Å²) in [5.74, 6) is 0.0737. The van der Waals surface area contributed by atoms with Crippen LogP contribution >= 0.6 is 11.6 Å². The number of benzene rings is 1. The van der Waals surface area contributed by atoms with Crippen molar-refractivity contribution in [2.24, 2.45) is 0 Å². The van der Waals surface area contributed by atoms with E-state index in [1.807, 2.05) is 18.0 Å². The third kappa shape index (κ3) is 5.82. The highest BCUT2D eigenvalue weighted by atomic mass is 35.5. The molecular weight excluding hydrogens is 539 g/mol. The van der Waals surface area contributed by atoms with E-state index in [-0.39, 0.29) is 29.0 Å². The zero-order valence-corrected chi connectivity index (χ0v) is 22.5. The summed E-state index contributed by atoms with van der Waals surface area (Å²) in [6.07, 6.45) is 3.43. The number of halogens is 2. The summed E-state index contributed by atoms with van der Waals surface area (Å²) in [5, 5.41) is 5.76. The first-order chi connectivity index (χ1) is 19.2. The number of pyridine rings is 2. The highest BCUT2D eigenvalue weighted by molar-refractivity contribution is 6.31. The first-order valence-corrected chi connectivity index (χ1v) is 13.1. The van der Waals surface area contributed by atoms with Gasteiger partial charge in [-0.25, -0.2) is 19.2 Å². The number of nitrogen functional groups attached to an aromatic ring is 1. The minimum absolute atomic E-state index is 0.00305. The van der Waals surface area contributed by atoms with E-state index in [4.69, 9.17) is 17.3 Å². The number of nitrogens with one attached hydrogen (secondary N) is 2. The minimum Gasteiger partial charge on any atom is -0.396 e. The Morgan fingerprint density at radius 2 is 2.05 bits per heavy atom. The highest BCUT2D eigenvalue weighted by Crippen LogP contribution is 2.30. The fourth-order valence-electron chi connectivity index (χ4n) is 4.73. The van der Waals surface area contributed by atoms with Crippen LogP contribution in [0, 0.1) is 5.82 Å². The fraction of sp³-hybridized carbons (Fsp3) is 0.296. The second-order valence-corrected chi connectivity index (χ2v) is 10.2. The number of aromatic nitrogens is 2. The van der Waals surface area contributed by atoms with E-state index in [0.717, 1.165) is 12.1 Å². The molecule has 0 radical (unpaired) electrons. The number of piperazine rings is 1. The number of carbonyl (C=O) groups is 3. The van der Waals surface area contributed by atoms with Crippen molar-refractivity contribution in [3.05, 3.63) is 64.2 Å². The van der Waals surface area contributed by atoms with E-state index in [1.54, 1.807) is 11.0 Å². The molecule has 40 heavy (non-hydrogen) atoms. The summed E-state index contributed by atoms with van der Waals surface area (Å²) in [7, 11) is 1.89. The standard InChI is InChI=1S/C27H28ClFN8O3/c1-35-7-8-36(25(39)14-35)13-17-9-16-3-2-6-37(26(16)33-23(17)15-38)27(40)34-24-11-22(21(30)12-31-24)32-18-4-5-20(29)19(28)10-18/h4-5,9-12,15H,2-3,6-8,13-14,30H2,1H3,(H2,31,32,34,40). The number of urea groups is 1. The van der Waals surface area contributed by atoms with E-state index in [2.05, 4.69) is 20.6 Å². The number of fused-ring (bicyclic) bond motifs is 1. The van der Waals surface area contributed by atoms with Crippen LogP contribution < -0.4 is 21.3 Å². The normalized spacial score (nSPS) is 15.5. The van der Waals surface area contributed by atoms with Gasteiger partial charge in [0.1, 0.15) is 23.1 Å². The van der Waals surface area contributed by atoms with Gasteiger partial charge in [0.25, 0.3) is 0 Å². The lowest BCUT2D eigenvalue weighted by Crippen LogP contribution is -2.48. The van der Waals surface area contributed by atoms with Crippen molar-refractivity contribution >= 4 is 58.5 Å². The van der Waals surface area contributed by atoms with Crippen LogP contribution in [-0.4, -0.2) is 71.2 Å². The molecule has 2 aliphatic rings. The Balaban J connectivity index is 1.34. The molecule has 1 saturated heterocycles. The molecule has 0 aliphatic carbocycles. The Hall–Kier alpha value is -4.29. The smallest absolute Gasteiger partial charge is 0.328 e. The highest BCUT2D eigenvalue weighted by Gasteiger charge is 2.28. The Morgan fingerprint density at radius 1 is 1.23 bits per heavy atom. The first-order valence-electron chi connectivity index (χ1n) is 12.7. The van der Waals surface area contributed by atoms with E-state index >= 15 is 0 Å². The van der Waals surface area contributed by atoms with Crippen LogP contribution in [0.2, 0.25) is 5.02 Å². The number of hydrogen-bond donors (Lipinski definition) is 3. The Labute approximate surface area is 235 Å². The van der Waals surface area contributed by atoms with Gasteiger partial charge in [0, 0.05) is 43.5 Å². The van der Waals surface area contributed by atoms with Crippen LogP contribution in [0.4, 0.5) is 37.9 Å². The van der Waals surface area contributed by atoms with Gasteiger partial charge in [0.15, 0.2) is 6.29 Å². The second kappa shape index (κ2) is 11.4. The maximum Gasteiger partial charge on any atom is 0.328 e. The molecular formula is C27H28ClFN8O3. The van der Waals surface area contributed by atoms with Crippen molar-refractivity contribution in [3.8, 4) is 0 Å². The van der Waals surface area contributed by atoms with Gasteiger partial charge in [-0.15, -0.1) is 0 Å². The summed E-state index contributed by atoms with van der Waals surface area (Å²) < 4.78 is 13.5. The SMILES string of the molecule is CN1CCN(Cc2cc3c(nc2C=O)N(C(=O)Nc2cc(Nc4ccc(F)c(Cl)c4)c(N)cn2)CCC3)C(=O)C1. The molecule has 0 saturated carbocycles. The molecule has 3 amide bonds. The molecule has 2 aliphatic heterocycles. The average molecular weight is 567 g/mol. The number of likely N-dealkylation sites (N-methyl/N-ethyl adjacent to an activating group) is 1. The van der Waals surface area contributed by atoms with Crippen molar-refractivity contribution in [2.45, 2.75) is 19.4 Å². The largest absolute Gasteiger partial charge is 0.396 e. The van der Waals surface area contributed by atoms with Gasteiger partial charge in [-0.3, -0.25) is 24.7 Å². The number of carbonyl (C=O) groups excluding carboxylic acids is 3. The van der Waals surface area contributed by atoms with Gasteiger partial charge < -0.3 is 16.0 Å². The maximum atomic E-state index is 13.5. The molecule has 3 aromatic rings. The number of amides is 3. The summed E-state index contributed by atoms with van der Waals surface area (Å²) in [6, 6.07) is 7.11. The molecule has 4 heterocycles. The molecule has 5 rings (SSSR count). The number of nitrogens with two attached hydrogens (primary N) is 1. The van der Waals surface area contributed by atoms with Gasteiger partial charge >= 0.3 is 6.03 Å². The molecule has 2 aromatic heterocycles. The number of aldehydes is 1. The van der Waals surface area contributed by atoms with Crippen molar-refractivity contribution in [2.75, 3.05) is 54.5 Å². The minimum atomic E-state index is -0.545. The van der Waals surface area contributed by atoms with Crippen LogP contribution in [-0.2, 0) is 17.8 Å². The topological polar surface area (TPSA) is 137 Å². The predicted octanol–water partition coefficient (Wildman–Crippen LogP) is 3.67. The van der Waals surface area contributed by atoms with Gasteiger partial charge in [-0.1, -0.05) is 11.6 Å².